The first-order chi connectivity index (χ1) is 13.6. The van der Waals surface area contributed by atoms with Crippen LogP contribution in [0.3, 0.4) is 0 Å². The van der Waals surface area contributed by atoms with E-state index in [1.165, 1.54) is 11.3 Å². The topological polar surface area (TPSA) is 60.9 Å². The Kier molecular flexibility index (Phi) is 4.45. The van der Waals surface area contributed by atoms with Crippen LogP contribution in [-0.2, 0) is 0 Å². The SMILES string of the molecule is O=C(O)N(C(=O)c1cc2cccc(-c3cccs3)c2s1)[C@H]1CN2CCC1CC2. The summed E-state index contributed by atoms with van der Waals surface area (Å²) in [4.78, 5) is 30.3. The molecule has 144 valence electrons. The van der Waals surface area contributed by atoms with Gasteiger partial charge in [0.1, 0.15) is 0 Å². The quantitative estimate of drug-likeness (QED) is 0.668. The predicted molar refractivity (Wildman–Crippen MR) is 112 cm³/mol. The summed E-state index contributed by atoms with van der Waals surface area (Å²) < 4.78 is 1.03. The van der Waals surface area contributed by atoms with Crippen LogP contribution in [0, 0.1) is 5.92 Å². The lowest BCUT2D eigenvalue weighted by Crippen LogP contribution is -2.59. The van der Waals surface area contributed by atoms with E-state index < -0.39 is 6.09 Å². The van der Waals surface area contributed by atoms with Gasteiger partial charge in [-0.15, -0.1) is 22.7 Å². The van der Waals surface area contributed by atoms with E-state index in [1.807, 2.05) is 29.6 Å². The number of benzene rings is 1. The molecule has 3 saturated heterocycles. The molecule has 0 spiro atoms. The van der Waals surface area contributed by atoms with Crippen molar-refractivity contribution in [2.75, 3.05) is 19.6 Å². The minimum atomic E-state index is -1.14. The number of carboxylic acid groups (broad SMARTS) is 1. The van der Waals surface area contributed by atoms with Gasteiger partial charge in [0, 0.05) is 21.7 Å². The number of imide groups is 1. The molecule has 28 heavy (non-hydrogen) atoms. The molecule has 5 nitrogen and oxygen atoms in total. The van der Waals surface area contributed by atoms with Crippen LogP contribution in [0.25, 0.3) is 20.5 Å². The summed E-state index contributed by atoms with van der Waals surface area (Å²) in [6.45, 7) is 2.68. The van der Waals surface area contributed by atoms with Gasteiger partial charge in [0.15, 0.2) is 0 Å². The Morgan fingerprint density at radius 3 is 2.61 bits per heavy atom. The molecule has 3 aliphatic rings. The van der Waals surface area contributed by atoms with Gasteiger partial charge in [0.25, 0.3) is 5.91 Å². The first-order valence-electron chi connectivity index (χ1n) is 9.47. The van der Waals surface area contributed by atoms with Gasteiger partial charge in [-0.3, -0.25) is 4.79 Å². The Morgan fingerprint density at radius 2 is 1.96 bits per heavy atom. The van der Waals surface area contributed by atoms with Crippen LogP contribution in [0.15, 0.2) is 41.8 Å². The van der Waals surface area contributed by atoms with Crippen molar-refractivity contribution in [2.45, 2.75) is 18.9 Å². The lowest BCUT2D eigenvalue weighted by molar-refractivity contribution is 0.0120. The molecular formula is C21H20N2O3S2. The summed E-state index contributed by atoms with van der Waals surface area (Å²) in [6.07, 6.45) is 0.799. The fourth-order valence-electron chi connectivity index (χ4n) is 4.52. The maximum Gasteiger partial charge on any atom is 0.414 e. The van der Waals surface area contributed by atoms with Crippen LogP contribution in [-0.4, -0.2) is 52.6 Å². The molecule has 1 N–H and O–H groups in total. The summed E-state index contributed by atoms with van der Waals surface area (Å²) in [5.41, 5.74) is 1.10. The summed E-state index contributed by atoms with van der Waals surface area (Å²) in [5.74, 6) is -0.106. The molecule has 0 aliphatic carbocycles. The molecule has 2 bridgehead atoms. The predicted octanol–water partition coefficient (Wildman–Crippen LogP) is 4.84. The van der Waals surface area contributed by atoms with Crippen LogP contribution in [0.1, 0.15) is 22.5 Å². The fourth-order valence-corrected chi connectivity index (χ4v) is 6.47. The van der Waals surface area contributed by atoms with Crippen molar-refractivity contribution in [1.82, 2.24) is 9.80 Å². The number of piperidine rings is 3. The van der Waals surface area contributed by atoms with Crippen molar-refractivity contribution < 1.29 is 14.7 Å². The van der Waals surface area contributed by atoms with E-state index in [1.54, 1.807) is 11.3 Å². The van der Waals surface area contributed by atoms with Crippen molar-refractivity contribution in [3.8, 4) is 10.4 Å². The lowest BCUT2D eigenvalue weighted by atomic mass is 9.83. The largest absolute Gasteiger partial charge is 0.465 e. The van der Waals surface area contributed by atoms with E-state index in [-0.39, 0.29) is 17.9 Å². The lowest BCUT2D eigenvalue weighted by Gasteiger charge is -2.47. The highest BCUT2D eigenvalue weighted by Gasteiger charge is 2.42. The number of fused-ring (bicyclic) bond motifs is 4. The van der Waals surface area contributed by atoms with E-state index in [2.05, 4.69) is 17.0 Å². The van der Waals surface area contributed by atoms with Crippen molar-refractivity contribution in [1.29, 1.82) is 0 Å². The van der Waals surface area contributed by atoms with E-state index in [4.69, 9.17) is 0 Å². The van der Waals surface area contributed by atoms with Gasteiger partial charge in [-0.05, 0) is 54.7 Å². The van der Waals surface area contributed by atoms with E-state index in [9.17, 15) is 14.7 Å². The molecular weight excluding hydrogens is 392 g/mol. The number of amides is 2. The molecule has 6 rings (SSSR count). The van der Waals surface area contributed by atoms with E-state index in [0.717, 1.165) is 51.4 Å². The zero-order valence-corrected chi connectivity index (χ0v) is 16.8. The Bertz CT molecular complexity index is 1040. The van der Waals surface area contributed by atoms with E-state index >= 15 is 0 Å². The number of carbonyl (C=O) groups excluding carboxylic acids is 1. The summed E-state index contributed by atoms with van der Waals surface area (Å²) >= 11 is 3.06. The normalized spacial score (nSPS) is 23.8. The molecule has 1 atom stereocenters. The first-order valence-corrected chi connectivity index (χ1v) is 11.2. The van der Waals surface area contributed by atoms with Gasteiger partial charge < -0.3 is 10.0 Å². The average Bonchev–Trinajstić information content (AvgIpc) is 3.38. The Hall–Kier alpha value is -2.22. The number of thiophene rings is 2. The standard InChI is InChI=1S/C21H20N2O3S2/c24-20(23(21(25)26)16-12-22-8-6-13(16)7-9-22)18-11-14-3-1-4-15(19(14)28-18)17-5-2-10-27-17/h1-5,10-11,13,16H,6-9,12H2,(H,25,26)/t16-/m0/s1. The molecule has 1 aromatic carbocycles. The second kappa shape index (κ2) is 6.99. The Balaban J connectivity index is 1.52. The highest BCUT2D eigenvalue weighted by Crippen LogP contribution is 2.38. The van der Waals surface area contributed by atoms with Gasteiger partial charge >= 0.3 is 6.09 Å². The van der Waals surface area contributed by atoms with Gasteiger partial charge in [-0.1, -0.05) is 24.3 Å². The number of hydrogen-bond donors (Lipinski definition) is 1. The maximum absolute atomic E-state index is 13.3. The molecule has 3 aromatic rings. The average molecular weight is 413 g/mol. The Morgan fingerprint density at radius 1 is 1.14 bits per heavy atom. The van der Waals surface area contributed by atoms with Crippen molar-refractivity contribution in [2.24, 2.45) is 5.92 Å². The van der Waals surface area contributed by atoms with Crippen molar-refractivity contribution in [3.63, 3.8) is 0 Å². The smallest absolute Gasteiger partial charge is 0.414 e. The molecule has 0 saturated carbocycles. The van der Waals surface area contributed by atoms with Gasteiger partial charge in [0.2, 0.25) is 0 Å². The number of carbonyl (C=O) groups is 2. The fraction of sp³-hybridized carbons (Fsp3) is 0.333. The summed E-state index contributed by atoms with van der Waals surface area (Å²) in [6, 6.07) is 11.7. The van der Waals surface area contributed by atoms with E-state index in [0.29, 0.717) is 11.4 Å². The molecule has 0 radical (unpaired) electrons. The number of hydrogen-bond acceptors (Lipinski definition) is 5. The van der Waals surface area contributed by atoms with Gasteiger partial charge in [-0.25, -0.2) is 9.69 Å². The van der Waals surface area contributed by atoms with Crippen LogP contribution in [0.5, 0.6) is 0 Å². The molecule has 3 aliphatic heterocycles. The molecule has 2 aromatic heterocycles. The second-order valence-electron chi connectivity index (χ2n) is 7.47. The minimum Gasteiger partial charge on any atom is -0.465 e. The molecule has 5 heterocycles. The number of rotatable bonds is 3. The monoisotopic (exact) mass is 412 g/mol. The third kappa shape index (κ3) is 2.94. The molecule has 3 fully saturated rings. The zero-order chi connectivity index (χ0) is 19.3. The summed E-state index contributed by atoms with van der Waals surface area (Å²) in [5, 5.41) is 12.9. The van der Waals surface area contributed by atoms with Crippen molar-refractivity contribution in [3.05, 3.63) is 46.7 Å². The minimum absolute atomic E-state index is 0.241. The van der Waals surface area contributed by atoms with Crippen LogP contribution >= 0.6 is 22.7 Å². The first kappa shape index (κ1) is 17.8. The van der Waals surface area contributed by atoms with Crippen LogP contribution in [0.2, 0.25) is 0 Å². The summed E-state index contributed by atoms with van der Waals surface area (Å²) in [7, 11) is 0. The second-order valence-corrected chi connectivity index (χ2v) is 9.47. The molecule has 2 amide bonds. The maximum atomic E-state index is 13.3. The highest BCUT2D eigenvalue weighted by molar-refractivity contribution is 7.22. The van der Waals surface area contributed by atoms with Crippen LogP contribution < -0.4 is 0 Å². The molecule has 0 unspecified atom stereocenters. The van der Waals surface area contributed by atoms with Crippen LogP contribution in [0.4, 0.5) is 4.79 Å². The zero-order valence-electron chi connectivity index (χ0n) is 15.2. The number of nitrogens with zero attached hydrogens (tertiary/aromatic N) is 2. The Labute approximate surface area is 170 Å². The highest BCUT2D eigenvalue weighted by atomic mass is 32.1. The van der Waals surface area contributed by atoms with Gasteiger partial charge in [-0.2, -0.15) is 0 Å². The third-order valence-electron chi connectivity index (χ3n) is 5.92. The van der Waals surface area contributed by atoms with Gasteiger partial charge in [0.05, 0.1) is 10.9 Å². The van der Waals surface area contributed by atoms with Crippen molar-refractivity contribution >= 4 is 44.8 Å². The molecule has 7 heteroatoms. The third-order valence-corrected chi connectivity index (χ3v) is 7.99.